The molecular formula is C32H30F3N5O2S. The summed E-state index contributed by atoms with van der Waals surface area (Å²) < 4.78 is 44.6. The van der Waals surface area contributed by atoms with Gasteiger partial charge in [-0.25, -0.2) is 9.67 Å². The van der Waals surface area contributed by atoms with E-state index in [0.717, 1.165) is 48.2 Å². The molecule has 0 atom stereocenters. The van der Waals surface area contributed by atoms with Crippen molar-refractivity contribution in [3.8, 4) is 28.5 Å². The molecule has 0 unspecified atom stereocenters. The van der Waals surface area contributed by atoms with Crippen molar-refractivity contribution in [3.05, 3.63) is 106 Å². The minimum absolute atomic E-state index is 0.121. The van der Waals surface area contributed by atoms with Crippen LogP contribution in [-0.4, -0.2) is 31.6 Å². The van der Waals surface area contributed by atoms with Crippen LogP contribution in [0.2, 0.25) is 0 Å². The maximum atomic E-state index is 12.7. The van der Waals surface area contributed by atoms with E-state index in [9.17, 15) is 18.0 Å². The molecule has 0 aliphatic carbocycles. The van der Waals surface area contributed by atoms with Crippen LogP contribution in [0.1, 0.15) is 43.0 Å². The van der Waals surface area contributed by atoms with Crippen molar-refractivity contribution in [3.63, 3.8) is 0 Å². The van der Waals surface area contributed by atoms with Gasteiger partial charge in [0.25, 0.3) is 0 Å². The molecule has 2 aromatic heterocycles. The highest BCUT2D eigenvalue weighted by atomic mass is 32.1. The molecule has 0 saturated carbocycles. The number of alkyl halides is 3. The van der Waals surface area contributed by atoms with Gasteiger partial charge in [0.1, 0.15) is 12.1 Å². The summed E-state index contributed by atoms with van der Waals surface area (Å²) in [4.78, 5) is 22.2. The molecule has 1 amide bonds. The highest BCUT2D eigenvalue weighted by Gasteiger charge is 2.31. The molecule has 2 heterocycles. The van der Waals surface area contributed by atoms with E-state index < -0.39 is 6.36 Å². The van der Waals surface area contributed by atoms with E-state index in [2.05, 4.69) is 43.4 Å². The number of benzene rings is 3. The van der Waals surface area contributed by atoms with E-state index >= 15 is 0 Å². The molecule has 11 heteroatoms. The van der Waals surface area contributed by atoms with Crippen LogP contribution >= 0.6 is 11.3 Å². The Hall–Kier alpha value is -4.51. The van der Waals surface area contributed by atoms with Gasteiger partial charge in [0.05, 0.1) is 11.4 Å². The van der Waals surface area contributed by atoms with Crippen molar-refractivity contribution in [2.75, 3.05) is 0 Å². The van der Waals surface area contributed by atoms with Gasteiger partial charge in [-0.3, -0.25) is 9.36 Å². The Morgan fingerprint density at radius 1 is 1.00 bits per heavy atom. The zero-order valence-electron chi connectivity index (χ0n) is 23.7. The summed E-state index contributed by atoms with van der Waals surface area (Å²) in [5, 5.41) is 6.47. The van der Waals surface area contributed by atoms with Crippen LogP contribution in [0.4, 0.5) is 13.2 Å². The van der Waals surface area contributed by atoms with Gasteiger partial charge < -0.3 is 4.74 Å². The Morgan fingerprint density at radius 3 is 2.47 bits per heavy atom. The standard InChI is InChI=1S/C32H30F3N5O2S/c1-3-24-9-5-6-10-28(24)40-22(2)20-43-31(40)37-29(41)11-7-4-8-23-12-14-25(15-13-23)30-36-21-39(38-30)26-16-18-27(19-17-26)42-32(33,34)35/h5-6,9-10,12-21H,3-4,7-8,11H2,1-2H3. The summed E-state index contributed by atoms with van der Waals surface area (Å²) in [6.45, 7) is 4.14. The van der Waals surface area contributed by atoms with Gasteiger partial charge >= 0.3 is 6.36 Å². The van der Waals surface area contributed by atoms with E-state index in [4.69, 9.17) is 0 Å². The van der Waals surface area contributed by atoms with Crippen molar-refractivity contribution in [1.82, 2.24) is 19.3 Å². The topological polar surface area (TPSA) is 74.3 Å². The van der Waals surface area contributed by atoms with E-state index in [0.29, 0.717) is 22.7 Å². The number of carbonyl (C=O) groups is 1. The van der Waals surface area contributed by atoms with Crippen LogP contribution in [0.3, 0.4) is 0 Å². The molecule has 0 fully saturated rings. The second-order valence-corrected chi connectivity index (χ2v) is 10.8. The maximum Gasteiger partial charge on any atom is 0.573 e. The summed E-state index contributed by atoms with van der Waals surface area (Å²) in [7, 11) is 0. The fraction of sp³-hybridized carbons (Fsp3) is 0.250. The van der Waals surface area contributed by atoms with E-state index in [-0.39, 0.29) is 11.7 Å². The van der Waals surface area contributed by atoms with Gasteiger partial charge in [-0.05, 0) is 74.1 Å². The smallest absolute Gasteiger partial charge is 0.406 e. The quantitative estimate of drug-likeness (QED) is 0.156. The number of halogens is 3. The molecular weight excluding hydrogens is 575 g/mol. The lowest BCUT2D eigenvalue weighted by molar-refractivity contribution is -0.274. The van der Waals surface area contributed by atoms with Crippen molar-refractivity contribution < 1.29 is 22.7 Å². The number of rotatable bonds is 10. The third kappa shape index (κ3) is 7.66. The minimum Gasteiger partial charge on any atom is -0.406 e. The Balaban J connectivity index is 1.14. The Morgan fingerprint density at radius 2 is 1.74 bits per heavy atom. The molecule has 0 aliphatic heterocycles. The van der Waals surface area contributed by atoms with Crippen LogP contribution in [-0.2, 0) is 17.6 Å². The van der Waals surface area contributed by atoms with Crippen molar-refractivity contribution in [1.29, 1.82) is 0 Å². The molecule has 5 aromatic rings. The minimum atomic E-state index is -4.74. The average molecular weight is 606 g/mol. The molecule has 0 N–H and O–H groups in total. The largest absolute Gasteiger partial charge is 0.573 e. The van der Waals surface area contributed by atoms with Crippen LogP contribution < -0.4 is 9.54 Å². The van der Waals surface area contributed by atoms with Crippen LogP contribution in [0.25, 0.3) is 22.8 Å². The number of para-hydroxylation sites is 1. The predicted molar refractivity (Wildman–Crippen MR) is 159 cm³/mol. The van der Waals surface area contributed by atoms with Crippen molar-refractivity contribution in [2.45, 2.75) is 52.3 Å². The number of carbonyl (C=O) groups excluding carboxylic acids is 1. The van der Waals surface area contributed by atoms with Crippen molar-refractivity contribution in [2.24, 2.45) is 4.99 Å². The number of hydrogen-bond donors (Lipinski definition) is 0. The first-order valence-corrected chi connectivity index (χ1v) is 14.8. The van der Waals surface area contributed by atoms with E-state index in [1.54, 1.807) is 0 Å². The lowest BCUT2D eigenvalue weighted by Gasteiger charge is -2.10. The molecule has 0 spiro atoms. The average Bonchev–Trinajstić information content (AvgIpc) is 3.62. The molecule has 43 heavy (non-hydrogen) atoms. The van der Waals surface area contributed by atoms with Crippen LogP contribution in [0.15, 0.2) is 89.5 Å². The van der Waals surface area contributed by atoms with Gasteiger partial charge in [0.2, 0.25) is 5.91 Å². The number of aryl methyl sites for hydroxylation is 3. The predicted octanol–water partition coefficient (Wildman–Crippen LogP) is 7.40. The second kappa shape index (κ2) is 13.2. The summed E-state index contributed by atoms with van der Waals surface area (Å²) in [5.41, 5.74) is 5.83. The van der Waals surface area contributed by atoms with Gasteiger partial charge in [-0.15, -0.1) is 29.6 Å². The summed E-state index contributed by atoms with van der Waals surface area (Å²) >= 11 is 1.48. The second-order valence-electron chi connectivity index (χ2n) is 9.94. The normalized spacial score (nSPS) is 12.1. The molecule has 7 nitrogen and oxygen atoms in total. The summed E-state index contributed by atoms with van der Waals surface area (Å²) in [6.07, 6.45) is 0.456. The third-order valence-corrected chi connectivity index (χ3v) is 7.80. The maximum absolute atomic E-state index is 12.7. The van der Waals surface area contributed by atoms with Gasteiger partial charge in [-0.1, -0.05) is 49.4 Å². The SMILES string of the molecule is CCc1ccccc1-n1c(C)csc1=NC(=O)CCCCc1ccc(-c2ncn(-c3ccc(OC(F)(F)F)cc3)n2)cc1. The number of unbranched alkanes of at least 4 members (excludes halogenated alkanes) is 1. The first-order chi connectivity index (χ1) is 20.7. The van der Waals surface area contributed by atoms with Gasteiger partial charge in [0, 0.05) is 23.1 Å². The highest BCUT2D eigenvalue weighted by molar-refractivity contribution is 7.07. The Labute approximate surface area is 251 Å². The van der Waals surface area contributed by atoms with Crippen molar-refractivity contribution >= 4 is 17.2 Å². The molecule has 0 radical (unpaired) electrons. The fourth-order valence-electron chi connectivity index (χ4n) is 4.70. The Kier molecular flexibility index (Phi) is 9.20. The van der Waals surface area contributed by atoms with Crippen LogP contribution in [0.5, 0.6) is 5.75 Å². The molecule has 0 saturated heterocycles. The fourth-order valence-corrected chi connectivity index (χ4v) is 5.58. The molecule has 3 aromatic carbocycles. The number of ether oxygens (including phenoxy) is 1. The summed E-state index contributed by atoms with van der Waals surface area (Å²) in [5.74, 6) is 0.0753. The monoisotopic (exact) mass is 605 g/mol. The van der Waals surface area contributed by atoms with Gasteiger partial charge in [0.15, 0.2) is 10.6 Å². The number of thiazole rings is 1. The lowest BCUT2D eigenvalue weighted by Crippen LogP contribution is -2.17. The highest BCUT2D eigenvalue weighted by Crippen LogP contribution is 2.24. The lowest BCUT2D eigenvalue weighted by atomic mass is 10.0. The Bertz CT molecular complexity index is 1750. The van der Waals surface area contributed by atoms with E-state index in [1.165, 1.54) is 52.2 Å². The first kappa shape index (κ1) is 30.0. The zero-order valence-corrected chi connectivity index (χ0v) is 24.5. The number of amides is 1. The number of aromatic nitrogens is 4. The first-order valence-electron chi connectivity index (χ1n) is 13.9. The van der Waals surface area contributed by atoms with Gasteiger partial charge in [-0.2, -0.15) is 4.99 Å². The number of hydrogen-bond acceptors (Lipinski definition) is 5. The third-order valence-electron chi connectivity index (χ3n) is 6.86. The summed E-state index contributed by atoms with van der Waals surface area (Å²) in [6, 6.07) is 21.5. The molecule has 5 rings (SSSR count). The number of nitrogens with zero attached hydrogens (tertiary/aromatic N) is 5. The zero-order chi connectivity index (χ0) is 30.4. The molecule has 0 bridgehead atoms. The molecule has 222 valence electrons. The molecule has 0 aliphatic rings. The van der Waals surface area contributed by atoms with E-state index in [1.807, 2.05) is 48.7 Å². The van der Waals surface area contributed by atoms with Crippen LogP contribution in [0, 0.1) is 6.92 Å².